The van der Waals surface area contributed by atoms with E-state index in [1.807, 2.05) is 51.1 Å². The van der Waals surface area contributed by atoms with E-state index in [0.29, 0.717) is 19.8 Å². The minimum absolute atomic E-state index is 0.0702. The number of aliphatic hydroxyl groups excluding tert-OH is 1. The van der Waals surface area contributed by atoms with Crippen LogP contribution in [0.15, 0.2) is 30.3 Å². The summed E-state index contributed by atoms with van der Waals surface area (Å²) in [5.41, 5.74) is 0.184. The lowest BCUT2D eigenvalue weighted by atomic mass is 10.2. The second kappa shape index (κ2) is 13.8. The number of ether oxygens (including phenoxy) is 3. The molecule has 0 spiro atoms. The third-order valence-corrected chi connectivity index (χ3v) is 2.81. The Labute approximate surface area is 173 Å². The van der Waals surface area contributed by atoms with E-state index in [4.69, 9.17) is 19.3 Å². The van der Waals surface area contributed by atoms with Crippen LogP contribution in [0.3, 0.4) is 0 Å². The number of benzene rings is 1. The van der Waals surface area contributed by atoms with Crippen LogP contribution in [0.1, 0.15) is 47.1 Å². The van der Waals surface area contributed by atoms with Crippen molar-refractivity contribution in [2.75, 3.05) is 26.3 Å². The molecule has 2 amide bonds. The Morgan fingerprint density at radius 2 is 1.34 bits per heavy atom. The van der Waals surface area contributed by atoms with Gasteiger partial charge in [0.2, 0.25) is 0 Å². The molecule has 0 unspecified atom stereocenters. The van der Waals surface area contributed by atoms with E-state index < -0.39 is 23.4 Å². The van der Waals surface area contributed by atoms with Crippen molar-refractivity contribution in [3.05, 3.63) is 35.9 Å². The Kier molecular flexibility index (Phi) is 12.7. The second-order valence-electron chi connectivity index (χ2n) is 8.12. The molecular formula is C21H36N2O6. The molecule has 0 aromatic heterocycles. The van der Waals surface area contributed by atoms with Gasteiger partial charge in [0.15, 0.2) is 0 Å². The van der Waals surface area contributed by atoms with Crippen LogP contribution in [-0.2, 0) is 20.8 Å². The first kappa shape index (κ1) is 26.7. The van der Waals surface area contributed by atoms with Crippen LogP contribution in [-0.4, -0.2) is 54.8 Å². The number of rotatable bonds is 7. The maximum atomic E-state index is 11.3. The molecule has 0 atom stereocenters. The Morgan fingerprint density at radius 3 is 1.79 bits per heavy atom. The first-order chi connectivity index (χ1) is 13.4. The molecule has 0 saturated heterocycles. The van der Waals surface area contributed by atoms with E-state index >= 15 is 0 Å². The van der Waals surface area contributed by atoms with E-state index in [1.165, 1.54) is 0 Å². The normalized spacial score (nSPS) is 11.0. The highest BCUT2D eigenvalue weighted by molar-refractivity contribution is 5.67. The van der Waals surface area contributed by atoms with Gasteiger partial charge >= 0.3 is 12.2 Å². The average molecular weight is 413 g/mol. The lowest BCUT2D eigenvalue weighted by Gasteiger charge is -2.19. The summed E-state index contributed by atoms with van der Waals surface area (Å²) < 4.78 is 15.4. The van der Waals surface area contributed by atoms with Gasteiger partial charge < -0.3 is 30.0 Å². The van der Waals surface area contributed by atoms with Crippen LogP contribution in [0.5, 0.6) is 0 Å². The predicted molar refractivity (Wildman–Crippen MR) is 112 cm³/mol. The van der Waals surface area contributed by atoms with Gasteiger partial charge in [-0.05, 0) is 47.1 Å². The van der Waals surface area contributed by atoms with Crippen molar-refractivity contribution in [2.24, 2.45) is 0 Å². The van der Waals surface area contributed by atoms with Crippen LogP contribution < -0.4 is 10.6 Å². The summed E-state index contributed by atoms with van der Waals surface area (Å²) in [6.45, 7) is 12.5. The van der Waals surface area contributed by atoms with E-state index in [2.05, 4.69) is 10.6 Å². The van der Waals surface area contributed by atoms with Crippen molar-refractivity contribution in [2.45, 2.75) is 59.4 Å². The number of carbonyl (C=O) groups excluding carboxylic acids is 2. The Hall–Kier alpha value is -2.32. The smallest absolute Gasteiger partial charge is 0.407 e. The molecule has 0 radical (unpaired) electrons. The van der Waals surface area contributed by atoms with Crippen molar-refractivity contribution < 1.29 is 28.9 Å². The molecule has 0 aliphatic carbocycles. The first-order valence-electron chi connectivity index (χ1n) is 9.59. The third-order valence-electron chi connectivity index (χ3n) is 2.81. The van der Waals surface area contributed by atoms with E-state index in [1.54, 1.807) is 20.8 Å². The molecule has 0 fully saturated rings. The minimum Gasteiger partial charge on any atom is -0.444 e. The maximum Gasteiger partial charge on any atom is 0.407 e. The van der Waals surface area contributed by atoms with Gasteiger partial charge in [0.05, 0.1) is 19.8 Å². The molecule has 0 heterocycles. The summed E-state index contributed by atoms with van der Waals surface area (Å²) in [5.74, 6) is 0. The van der Waals surface area contributed by atoms with Gasteiger partial charge in [0, 0.05) is 13.1 Å². The molecule has 0 aliphatic rings. The highest BCUT2D eigenvalue weighted by Crippen LogP contribution is 2.06. The number of carbonyl (C=O) groups is 2. The van der Waals surface area contributed by atoms with Gasteiger partial charge in [-0.2, -0.15) is 0 Å². The summed E-state index contributed by atoms with van der Waals surface area (Å²) in [7, 11) is 0. The molecule has 8 nitrogen and oxygen atoms in total. The molecule has 8 heteroatoms. The average Bonchev–Trinajstić information content (AvgIpc) is 2.58. The fourth-order valence-corrected chi connectivity index (χ4v) is 1.78. The summed E-state index contributed by atoms with van der Waals surface area (Å²) in [4.78, 5) is 22.1. The number of hydrogen-bond donors (Lipinski definition) is 3. The van der Waals surface area contributed by atoms with Crippen molar-refractivity contribution >= 4 is 12.2 Å². The van der Waals surface area contributed by atoms with Gasteiger partial charge in [-0.25, -0.2) is 9.59 Å². The number of alkyl carbamates (subject to hydrolysis) is 2. The van der Waals surface area contributed by atoms with E-state index in [9.17, 15) is 9.59 Å². The molecule has 1 aromatic carbocycles. The van der Waals surface area contributed by atoms with Gasteiger partial charge in [-0.1, -0.05) is 30.3 Å². The Morgan fingerprint density at radius 1 is 0.862 bits per heavy atom. The molecule has 0 saturated carbocycles. The van der Waals surface area contributed by atoms with Gasteiger partial charge in [0.1, 0.15) is 11.2 Å². The fraction of sp³-hybridized carbons (Fsp3) is 0.619. The zero-order valence-electron chi connectivity index (χ0n) is 18.4. The van der Waals surface area contributed by atoms with Crippen LogP contribution in [0.4, 0.5) is 9.59 Å². The van der Waals surface area contributed by atoms with Crippen molar-refractivity contribution in [1.82, 2.24) is 10.6 Å². The zero-order chi connectivity index (χ0) is 22.3. The molecule has 0 aliphatic heterocycles. The summed E-state index contributed by atoms with van der Waals surface area (Å²) in [6.07, 6.45) is -0.905. The molecule has 0 bridgehead atoms. The summed E-state index contributed by atoms with van der Waals surface area (Å²) in [6, 6.07) is 9.91. The van der Waals surface area contributed by atoms with Crippen molar-refractivity contribution in [3.63, 3.8) is 0 Å². The van der Waals surface area contributed by atoms with Crippen LogP contribution >= 0.6 is 0 Å². The topological polar surface area (TPSA) is 106 Å². The number of nitrogens with one attached hydrogen (secondary N) is 2. The molecule has 3 N–H and O–H groups in total. The Bertz CT molecular complexity index is 579. The lowest BCUT2D eigenvalue weighted by Crippen LogP contribution is -2.34. The highest BCUT2D eigenvalue weighted by atomic mass is 16.6. The monoisotopic (exact) mass is 412 g/mol. The standard InChI is InChI=1S/C14H21NO3.C7H15NO3/c1-14(2,3)18-13(16)15-9-10-17-11-12-7-5-4-6-8-12;1-7(2,3)11-6(10)8-4-5-9/h4-8H,9-11H2,1-3H3,(H,15,16);9H,4-5H2,1-3H3,(H,8,10). The number of hydrogen-bond acceptors (Lipinski definition) is 6. The van der Waals surface area contributed by atoms with Crippen LogP contribution in [0.25, 0.3) is 0 Å². The number of amides is 2. The predicted octanol–water partition coefficient (Wildman–Crippen LogP) is 3.23. The quantitative estimate of drug-likeness (QED) is 0.594. The van der Waals surface area contributed by atoms with Gasteiger partial charge in [-0.3, -0.25) is 0 Å². The minimum atomic E-state index is -0.494. The third kappa shape index (κ3) is 18.8. The molecular weight excluding hydrogens is 376 g/mol. The Balaban J connectivity index is 0.000000614. The summed E-state index contributed by atoms with van der Waals surface area (Å²) in [5, 5.41) is 13.4. The molecule has 166 valence electrons. The largest absolute Gasteiger partial charge is 0.444 e. The molecule has 1 aromatic rings. The van der Waals surface area contributed by atoms with Crippen molar-refractivity contribution in [3.8, 4) is 0 Å². The van der Waals surface area contributed by atoms with E-state index in [-0.39, 0.29) is 13.2 Å². The molecule has 1 rings (SSSR count). The van der Waals surface area contributed by atoms with Crippen molar-refractivity contribution in [1.29, 1.82) is 0 Å². The lowest BCUT2D eigenvalue weighted by molar-refractivity contribution is 0.0490. The highest BCUT2D eigenvalue weighted by Gasteiger charge is 2.15. The maximum absolute atomic E-state index is 11.3. The SMILES string of the molecule is CC(C)(C)OC(=O)NCCO.CC(C)(C)OC(=O)NCCOCc1ccccc1. The number of aliphatic hydroxyl groups is 1. The summed E-state index contributed by atoms with van der Waals surface area (Å²) >= 11 is 0. The second-order valence-corrected chi connectivity index (χ2v) is 8.12. The van der Waals surface area contributed by atoms with Crippen LogP contribution in [0, 0.1) is 0 Å². The van der Waals surface area contributed by atoms with E-state index in [0.717, 1.165) is 5.56 Å². The molecule has 29 heavy (non-hydrogen) atoms. The van der Waals surface area contributed by atoms with Crippen LogP contribution in [0.2, 0.25) is 0 Å². The van der Waals surface area contributed by atoms with Gasteiger partial charge in [-0.15, -0.1) is 0 Å². The zero-order valence-corrected chi connectivity index (χ0v) is 18.4. The van der Waals surface area contributed by atoms with Gasteiger partial charge in [0.25, 0.3) is 0 Å². The fourth-order valence-electron chi connectivity index (χ4n) is 1.78. The first-order valence-corrected chi connectivity index (χ1v) is 9.59.